The van der Waals surface area contributed by atoms with Gasteiger partial charge in [-0.05, 0) is 32.8 Å². The van der Waals surface area contributed by atoms with Gasteiger partial charge in [0.25, 0.3) is 0 Å². The Morgan fingerprint density at radius 2 is 1.50 bits per heavy atom. The van der Waals surface area contributed by atoms with Gasteiger partial charge in [0.15, 0.2) is 17.3 Å². The van der Waals surface area contributed by atoms with Crippen LogP contribution in [0.25, 0.3) is 0 Å². The number of epoxide rings is 1. The third kappa shape index (κ3) is 6.62. The quantitative estimate of drug-likeness (QED) is 0.142. The molecule has 0 aromatic rings. The molecule has 4 rings (SSSR count). The molecule has 1 saturated carbocycles. The van der Waals surface area contributed by atoms with Gasteiger partial charge in [-0.1, -0.05) is 32.4 Å². The van der Waals surface area contributed by atoms with Crippen LogP contribution in [0, 0.1) is 17.3 Å². The molecule has 11 atom stereocenters. The number of ether oxygens (including phenoxy) is 7. The highest BCUT2D eigenvalue weighted by molar-refractivity contribution is 5.89. The molecule has 2 aliphatic heterocycles. The van der Waals surface area contributed by atoms with Crippen LogP contribution < -0.4 is 0 Å². The van der Waals surface area contributed by atoms with E-state index in [1.54, 1.807) is 39.8 Å². The molecule has 0 aromatic heterocycles. The van der Waals surface area contributed by atoms with E-state index in [1.807, 2.05) is 6.92 Å². The molecule has 2 aliphatic carbocycles. The van der Waals surface area contributed by atoms with Gasteiger partial charge in [-0.25, -0.2) is 4.79 Å². The molecule has 4 aliphatic rings. The van der Waals surface area contributed by atoms with Crippen LogP contribution in [0.3, 0.4) is 0 Å². The van der Waals surface area contributed by atoms with Crippen molar-refractivity contribution in [2.75, 3.05) is 0 Å². The average molecular weight is 677 g/mol. The molecule has 2 heterocycles. The van der Waals surface area contributed by atoms with Crippen LogP contribution >= 0.6 is 0 Å². The van der Waals surface area contributed by atoms with Crippen LogP contribution in [0.1, 0.15) is 93.9 Å². The lowest BCUT2D eigenvalue weighted by molar-refractivity contribution is -0.248. The first-order valence-corrected chi connectivity index (χ1v) is 16.6. The number of hydrogen-bond acceptors (Lipinski definition) is 13. The molecular formula is C35H48O13. The van der Waals surface area contributed by atoms with Crippen LogP contribution in [0.2, 0.25) is 0 Å². The Bertz CT molecular complexity index is 1370. The lowest BCUT2D eigenvalue weighted by Gasteiger charge is -2.57. The van der Waals surface area contributed by atoms with Crippen LogP contribution in [0.4, 0.5) is 0 Å². The van der Waals surface area contributed by atoms with E-state index in [2.05, 4.69) is 6.58 Å². The highest BCUT2D eigenvalue weighted by Crippen LogP contribution is 2.66. The highest BCUT2D eigenvalue weighted by atomic mass is 16.7. The van der Waals surface area contributed by atoms with Crippen LogP contribution in [-0.4, -0.2) is 83.6 Å². The summed E-state index contributed by atoms with van der Waals surface area (Å²) in [6, 6.07) is 0. The molecule has 13 heteroatoms. The normalized spacial score (nSPS) is 39.4. The zero-order valence-corrected chi connectivity index (χ0v) is 29.0. The number of carbonyl (C=O) groups is 6. The maximum atomic E-state index is 13.4. The summed E-state index contributed by atoms with van der Waals surface area (Å²) in [7, 11) is 0. The molecule has 13 nitrogen and oxygen atoms in total. The summed E-state index contributed by atoms with van der Waals surface area (Å²) in [4.78, 5) is 78.1. The largest absolute Gasteiger partial charge is 0.462 e. The summed E-state index contributed by atoms with van der Waals surface area (Å²) in [5.41, 5.74) is -3.95. The van der Waals surface area contributed by atoms with Gasteiger partial charge in [-0.2, -0.15) is 0 Å². The van der Waals surface area contributed by atoms with E-state index in [4.69, 9.17) is 33.2 Å². The lowest BCUT2D eigenvalue weighted by Crippen LogP contribution is -2.68. The number of allylic oxidation sites excluding steroid dienone is 1. The molecule has 0 amide bonds. The first-order chi connectivity index (χ1) is 22.5. The Labute approximate surface area is 281 Å². The third-order valence-corrected chi connectivity index (χ3v) is 10.3. The van der Waals surface area contributed by atoms with Crippen molar-refractivity contribution >= 4 is 35.8 Å². The zero-order chi connectivity index (χ0) is 35.8. The Kier molecular flexibility index (Phi) is 10.8. The number of hydrogen-bond donors (Lipinski definition) is 0. The first kappa shape index (κ1) is 37.1. The average Bonchev–Trinajstić information content (AvgIpc) is 3.57. The predicted octanol–water partition coefficient (Wildman–Crippen LogP) is 3.84. The molecule has 0 bridgehead atoms. The molecule has 2 saturated heterocycles. The topological polar surface area (TPSA) is 170 Å². The third-order valence-electron chi connectivity index (χ3n) is 10.3. The standard InChI is InChI=1S/C35H48O13/c1-10-12-14-28(40)45-23-17-25(42-20(5)36)33(8)29(19(23)4)31(44-22(7)38)35-26(47-32(41)34(35,9)48-35)16-18(3)15-24(30(33)43-21(6)37)46-27(39)13-11-2/h10,16,19,23-26,29-31H,1,11-15,17H2,2-9H3/b18-16-/t19-,23-,24-,25-,26-,29+,30-,31-,33-,34?,35-/m0/s1. The summed E-state index contributed by atoms with van der Waals surface area (Å²) in [5.74, 6) is -5.49. The minimum Gasteiger partial charge on any atom is -0.462 e. The molecule has 1 spiro atoms. The SMILES string of the molecule is C=CCCC(=O)O[C@H]1C[C@H](OC(C)=O)[C@@]2(C)[C@H]([C@H]1C)[C@H](OC(C)=O)[C@]13OC1(C)C(=O)O[C@H]3/C=C(/C)C[C@H](OC(=O)CCC)[C@@H]2OC(C)=O. The van der Waals surface area contributed by atoms with E-state index in [0.717, 1.165) is 0 Å². The molecule has 0 N–H and O–H groups in total. The summed E-state index contributed by atoms with van der Waals surface area (Å²) in [6.45, 7) is 15.9. The number of fused-ring (bicyclic) bond motifs is 1. The summed E-state index contributed by atoms with van der Waals surface area (Å²) < 4.78 is 42.4. The van der Waals surface area contributed by atoms with Crippen molar-refractivity contribution < 1.29 is 61.9 Å². The van der Waals surface area contributed by atoms with Crippen molar-refractivity contribution in [3.63, 3.8) is 0 Å². The van der Waals surface area contributed by atoms with E-state index in [-0.39, 0.29) is 25.7 Å². The van der Waals surface area contributed by atoms with Crippen LogP contribution in [0.5, 0.6) is 0 Å². The van der Waals surface area contributed by atoms with Gasteiger partial charge in [0, 0.05) is 58.3 Å². The monoisotopic (exact) mass is 676 g/mol. The van der Waals surface area contributed by atoms with Crippen molar-refractivity contribution in [1.29, 1.82) is 0 Å². The molecular weight excluding hydrogens is 628 g/mol. The number of rotatable bonds is 10. The predicted molar refractivity (Wildman–Crippen MR) is 167 cm³/mol. The van der Waals surface area contributed by atoms with Gasteiger partial charge in [0.05, 0.1) is 5.41 Å². The van der Waals surface area contributed by atoms with Gasteiger partial charge in [0.2, 0.25) is 0 Å². The van der Waals surface area contributed by atoms with Crippen molar-refractivity contribution in [1.82, 2.24) is 0 Å². The fourth-order valence-electron chi connectivity index (χ4n) is 8.13. The fraction of sp³-hybridized carbons (Fsp3) is 0.714. The molecule has 266 valence electrons. The first-order valence-electron chi connectivity index (χ1n) is 16.6. The molecule has 48 heavy (non-hydrogen) atoms. The van der Waals surface area contributed by atoms with Gasteiger partial charge in [-0.15, -0.1) is 6.58 Å². The van der Waals surface area contributed by atoms with Crippen LogP contribution in [0.15, 0.2) is 24.3 Å². The summed E-state index contributed by atoms with van der Waals surface area (Å²) >= 11 is 0. The Balaban J connectivity index is 2.04. The number of esters is 6. The van der Waals surface area contributed by atoms with Gasteiger partial charge < -0.3 is 33.2 Å². The summed E-state index contributed by atoms with van der Waals surface area (Å²) in [6.07, 6.45) is -2.45. The van der Waals surface area contributed by atoms with E-state index in [0.29, 0.717) is 18.4 Å². The molecule has 3 fully saturated rings. The Hall–Kier alpha value is -3.74. The van der Waals surface area contributed by atoms with E-state index < -0.39 is 101 Å². The van der Waals surface area contributed by atoms with E-state index in [1.165, 1.54) is 20.8 Å². The number of carbonyl (C=O) groups excluding carboxylic acids is 6. The van der Waals surface area contributed by atoms with Gasteiger partial charge in [0.1, 0.15) is 30.5 Å². The smallest absolute Gasteiger partial charge is 0.342 e. The second-order valence-electron chi connectivity index (χ2n) is 13.8. The van der Waals surface area contributed by atoms with Crippen molar-refractivity contribution in [2.45, 2.75) is 142 Å². The molecule has 0 radical (unpaired) electrons. The second-order valence-corrected chi connectivity index (χ2v) is 13.8. The minimum absolute atomic E-state index is 0.0213. The second kappa shape index (κ2) is 14.0. The maximum absolute atomic E-state index is 13.4. The molecule has 0 aromatic carbocycles. The van der Waals surface area contributed by atoms with Gasteiger partial charge >= 0.3 is 35.8 Å². The lowest BCUT2D eigenvalue weighted by atomic mass is 9.52. The summed E-state index contributed by atoms with van der Waals surface area (Å²) in [5, 5.41) is 0. The van der Waals surface area contributed by atoms with Crippen molar-refractivity contribution in [3.05, 3.63) is 24.3 Å². The van der Waals surface area contributed by atoms with Crippen LogP contribution in [-0.2, 0) is 61.9 Å². The van der Waals surface area contributed by atoms with Gasteiger partial charge in [-0.3, -0.25) is 24.0 Å². The Morgan fingerprint density at radius 1 is 0.917 bits per heavy atom. The minimum atomic E-state index is -1.54. The van der Waals surface area contributed by atoms with E-state index in [9.17, 15) is 28.8 Å². The highest BCUT2D eigenvalue weighted by Gasteiger charge is 2.87. The zero-order valence-electron chi connectivity index (χ0n) is 29.0. The fourth-order valence-corrected chi connectivity index (χ4v) is 8.13. The van der Waals surface area contributed by atoms with Crippen molar-refractivity contribution in [3.8, 4) is 0 Å². The van der Waals surface area contributed by atoms with Crippen molar-refractivity contribution in [2.24, 2.45) is 17.3 Å². The Morgan fingerprint density at radius 3 is 2.06 bits per heavy atom. The van der Waals surface area contributed by atoms with E-state index >= 15 is 0 Å². The molecule has 1 unspecified atom stereocenters. The maximum Gasteiger partial charge on any atom is 0.342 e.